The first-order valence-electron chi connectivity index (χ1n) is 5.30. The molecule has 0 spiro atoms. The van der Waals surface area contributed by atoms with E-state index in [9.17, 15) is 0 Å². The molecule has 0 bridgehead atoms. The molecule has 0 saturated carbocycles. The summed E-state index contributed by atoms with van der Waals surface area (Å²) in [7, 11) is -1.77. The van der Waals surface area contributed by atoms with E-state index in [2.05, 4.69) is 33.9 Å². The van der Waals surface area contributed by atoms with Gasteiger partial charge in [-0.1, -0.05) is 55.6 Å². The Morgan fingerprint density at radius 2 is 1.59 bits per heavy atom. The van der Waals surface area contributed by atoms with Gasteiger partial charge in [-0.2, -0.15) is 0 Å². The number of hydrogen-bond donors (Lipinski definition) is 1. The molecule has 1 N–H and O–H groups in total. The zero-order valence-corrected chi connectivity index (χ0v) is 14.1. The van der Waals surface area contributed by atoms with E-state index in [1.165, 1.54) is 0 Å². The fourth-order valence-electron chi connectivity index (χ4n) is 0.739. The van der Waals surface area contributed by atoms with Crippen molar-refractivity contribution in [1.29, 1.82) is 5.41 Å². The first-order chi connectivity index (χ1) is 7.38. The molecule has 3 nitrogen and oxygen atoms in total. The Bertz CT molecular complexity index is 272. The molecule has 0 aliphatic rings. The standard InChI is InChI=1S/C10H20Cl3NO2Si/c1-9(2,3)17(4,5)16-7-6-15-8(14)10(11,12)13/h14H,6-7H2,1-5H3. The van der Waals surface area contributed by atoms with Crippen LogP contribution in [0.4, 0.5) is 0 Å². The third-order valence-corrected chi connectivity index (χ3v) is 7.91. The van der Waals surface area contributed by atoms with Crippen LogP contribution in [0.15, 0.2) is 0 Å². The Morgan fingerprint density at radius 1 is 1.12 bits per heavy atom. The van der Waals surface area contributed by atoms with Crippen LogP contribution in [0.3, 0.4) is 0 Å². The molecular formula is C10H20Cl3NO2Si. The van der Waals surface area contributed by atoms with E-state index in [0.717, 1.165) is 0 Å². The van der Waals surface area contributed by atoms with Gasteiger partial charge in [-0.15, -0.1) is 0 Å². The predicted octanol–water partition coefficient (Wildman–Crippen LogP) is 4.37. The summed E-state index contributed by atoms with van der Waals surface area (Å²) in [5, 5.41) is 7.48. The van der Waals surface area contributed by atoms with E-state index in [1.807, 2.05) is 0 Å². The van der Waals surface area contributed by atoms with E-state index in [-0.39, 0.29) is 17.5 Å². The van der Waals surface area contributed by atoms with Crippen LogP contribution in [0.25, 0.3) is 0 Å². The molecule has 0 aromatic rings. The van der Waals surface area contributed by atoms with Crippen molar-refractivity contribution >= 4 is 49.0 Å². The van der Waals surface area contributed by atoms with Crippen molar-refractivity contribution in [3.63, 3.8) is 0 Å². The quantitative estimate of drug-likeness (QED) is 0.275. The van der Waals surface area contributed by atoms with E-state index in [0.29, 0.717) is 6.61 Å². The van der Waals surface area contributed by atoms with Crippen molar-refractivity contribution in [3.05, 3.63) is 0 Å². The molecule has 0 radical (unpaired) electrons. The monoisotopic (exact) mass is 319 g/mol. The van der Waals surface area contributed by atoms with Crippen molar-refractivity contribution in [1.82, 2.24) is 0 Å². The summed E-state index contributed by atoms with van der Waals surface area (Å²) in [5.74, 6) is -0.374. The van der Waals surface area contributed by atoms with Gasteiger partial charge >= 0.3 is 0 Å². The summed E-state index contributed by atoms with van der Waals surface area (Å²) < 4.78 is 9.05. The van der Waals surface area contributed by atoms with Crippen molar-refractivity contribution < 1.29 is 9.16 Å². The maximum atomic E-state index is 7.34. The molecule has 0 atom stereocenters. The zero-order valence-electron chi connectivity index (χ0n) is 10.9. The lowest BCUT2D eigenvalue weighted by Crippen LogP contribution is -2.41. The van der Waals surface area contributed by atoms with Gasteiger partial charge in [0, 0.05) is 0 Å². The van der Waals surface area contributed by atoms with Crippen LogP contribution >= 0.6 is 34.8 Å². The lowest BCUT2D eigenvalue weighted by Gasteiger charge is -2.36. The molecular weight excluding hydrogens is 301 g/mol. The van der Waals surface area contributed by atoms with Crippen LogP contribution in [0, 0.1) is 5.41 Å². The Hall–Kier alpha value is 0.517. The summed E-state index contributed by atoms with van der Waals surface area (Å²) in [6.45, 7) is 11.4. The molecule has 0 aromatic carbocycles. The van der Waals surface area contributed by atoms with Gasteiger partial charge in [0.2, 0.25) is 5.90 Å². The topological polar surface area (TPSA) is 42.3 Å². The molecule has 7 heteroatoms. The third kappa shape index (κ3) is 6.29. The summed E-state index contributed by atoms with van der Waals surface area (Å²) in [6.07, 6.45) is 0. The molecule has 0 saturated heterocycles. The minimum atomic E-state index is -1.79. The second kappa shape index (κ2) is 6.11. The minimum Gasteiger partial charge on any atom is -0.476 e. The summed E-state index contributed by atoms with van der Waals surface area (Å²) in [4.78, 5) is 0. The zero-order chi connectivity index (χ0) is 13.9. The van der Waals surface area contributed by atoms with Crippen LogP contribution in [0.5, 0.6) is 0 Å². The van der Waals surface area contributed by atoms with Gasteiger partial charge in [0.05, 0.1) is 6.61 Å². The summed E-state index contributed by atoms with van der Waals surface area (Å²) in [5.41, 5.74) is 0. The van der Waals surface area contributed by atoms with Crippen LogP contribution in [0.2, 0.25) is 18.1 Å². The molecule has 0 rings (SSSR count). The fourth-order valence-corrected chi connectivity index (χ4v) is 1.93. The largest absolute Gasteiger partial charge is 0.476 e. The number of hydrogen-bond acceptors (Lipinski definition) is 3. The first kappa shape index (κ1) is 17.5. The molecule has 0 heterocycles. The number of halogens is 3. The first-order valence-corrected chi connectivity index (χ1v) is 9.34. The maximum absolute atomic E-state index is 7.34. The van der Waals surface area contributed by atoms with Gasteiger partial charge in [0.25, 0.3) is 3.79 Å². The van der Waals surface area contributed by atoms with Gasteiger partial charge in [-0.3, -0.25) is 5.41 Å². The van der Waals surface area contributed by atoms with Crippen molar-refractivity contribution in [2.45, 2.75) is 42.7 Å². The fraction of sp³-hybridized carbons (Fsp3) is 0.900. The average molecular weight is 321 g/mol. The highest BCUT2D eigenvalue weighted by Crippen LogP contribution is 2.36. The molecule has 0 aromatic heterocycles. The van der Waals surface area contributed by atoms with Gasteiger partial charge < -0.3 is 9.16 Å². The molecule has 0 aliphatic heterocycles. The summed E-state index contributed by atoms with van der Waals surface area (Å²) in [6, 6.07) is 0. The molecule has 0 unspecified atom stereocenters. The maximum Gasteiger partial charge on any atom is 0.265 e. The summed E-state index contributed by atoms with van der Waals surface area (Å²) >= 11 is 16.4. The van der Waals surface area contributed by atoms with Gasteiger partial charge in [-0.25, -0.2) is 0 Å². The molecule has 0 aliphatic carbocycles. The van der Waals surface area contributed by atoms with E-state index in [4.69, 9.17) is 49.4 Å². The number of alkyl halides is 3. The molecule has 0 fully saturated rings. The number of nitrogens with one attached hydrogen (secondary N) is 1. The normalized spacial score (nSPS) is 13.6. The predicted molar refractivity (Wildman–Crippen MR) is 77.1 cm³/mol. The van der Waals surface area contributed by atoms with Crippen molar-refractivity contribution in [3.8, 4) is 0 Å². The average Bonchev–Trinajstić information content (AvgIpc) is 2.08. The van der Waals surface area contributed by atoms with E-state index in [1.54, 1.807) is 0 Å². The lowest BCUT2D eigenvalue weighted by molar-refractivity contribution is 0.193. The second-order valence-electron chi connectivity index (χ2n) is 5.28. The number of ether oxygens (including phenoxy) is 1. The highest BCUT2D eigenvalue weighted by atomic mass is 35.6. The molecule has 0 amide bonds. The lowest BCUT2D eigenvalue weighted by atomic mass is 10.2. The SMILES string of the molecule is CC(C)(C)[Si](C)(C)OCCOC(=N)C(Cl)(Cl)Cl. The number of rotatable bonds is 4. The molecule has 102 valence electrons. The van der Waals surface area contributed by atoms with Crippen LogP contribution in [0.1, 0.15) is 20.8 Å². The Balaban J connectivity index is 3.99. The Labute approximate surface area is 119 Å². The smallest absolute Gasteiger partial charge is 0.265 e. The van der Waals surface area contributed by atoms with Crippen LogP contribution in [-0.4, -0.2) is 31.2 Å². The van der Waals surface area contributed by atoms with Gasteiger partial charge in [-0.05, 0) is 18.1 Å². The highest BCUT2D eigenvalue weighted by molar-refractivity contribution is 6.76. The second-order valence-corrected chi connectivity index (χ2v) is 12.4. The van der Waals surface area contributed by atoms with E-state index >= 15 is 0 Å². The van der Waals surface area contributed by atoms with Crippen molar-refractivity contribution in [2.24, 2.45) is 0 Å². The van der Waals surface area contributed by atoms with Gasteiger partial charge in [0.15, 0.2) is 8.32 Å². The Morgan fingerprint density at radius 3 is 1.94 bits per heavy atom. The van der Waals surface area contributed by atoms with Crippen LogP contribution < -0.4 is 0 Å². The van der Waals surface area contributed by atoms with Crippen LogP contribution in [-0.2, 0) is 9.16 Å². The third-order valence-electron chi connectivity index (χ3n) is 2.86. The van der Waals surface area contributed by atoms with Crippen molar-refractivity contribution in [2.75, 3.05) is 13.2 Å². The highest BCUT2D eigenvalue weighted by Gasteiger charge is 2.37. The van der Waals surface area contributed by atoms with Gasteiger partial charge in [0.1, 0.15) is 6.61 Å². The molecule has 17 heavy (non-hydrogen) atoms. The minimum absolute atomic E-state index is 0.149. The Kier molecular flexibility index (Phi) is 6.29. The van der Waals surface area contributed by atoms with E-state index < -0.39 is 12.1 Å².